The van der Waals surface area contributed by atoms with E-state index in [1.54, 1.807) is 11.3 Å². The maximum absolute atomic E-state index is 13.3. The van der Waals surface area contributed by atoms with Crippen molar-refractivity contribution in [2.45, 2.75) is 13.1 Å². The van der Waals surface area contributed by atoms with Crippen LogP contribution in [0.4, 0.5) is 4.39 Å². The molecule has 0 unspecified atom stereocenters. The van der Waals surface area contributed by atoms with Crippen molar-refractivity contribution >= 4 is 33.2 Å². The topological polar surface area (TPSA) is 40.5 Å². The van der Waals surface area contributed by atoms with Crippen molar-refractivity contribution in [3.63, 3.8) is 0 Å². The largest absolute Gasteiger partial charge is 0.478 e. The SMILES string of the molecule is CN(Cc1csc(Br)c1)Cc1cc(F)ccc1C(=O)O. The normalized spacial score (nSPS) is 11.0. The molecule has 0 bridgehead atoms. The molecule has 2 aromatic rings. The molecule has 0 saturated carbocycles. The van der Waals surface area contributed by atoms with Gasteiger partial charge in [0.2, 0.25) is 0 Å². The molecule has 1 aromatic heterocycles. The lowest BCUT2D eigenvalue weighted by Crippen LogP contribution is -2.19. The van der Waals surface area contributed by atoms with Crippen molar-refractivity contribution in [2.24, 2.45) is 0 Å². The fourth-order valence-corrected chi connectivity index (χ4v) is 3.19. The van der Waals surface area contributed by atoms with Crippen LogP contribution in [-0.2, 0) is 13.1 Å². The van der Waals surface area contributed by atoms with Gasteiger partial charge < -0.3 is 5.11 Å². The van der Waals surface area contributed by atoms with Crippen LogP contribution < -0.4 is 0 Å². The van der Waals surface area contributed by atoms with E-state index in [0.29, 0.717) is 18.7 Å². The van der Waals surface area contributed by atoms with Gasteiger partial charge in [-0.15, -0.1) is 11.3 Å². The molecular weight excluding hydrogens is 345 g/mol. The highest BCUT2D eigenvalue weighted by molar-refractivity contribution is 9.11. The van der Waals surface area contributed by atoms with Gasteiger partial charge in [-0.2, -0.15) is 0 Å². The standard InChI is InChI=1S/C14H13BrFNO2S/c1-17(6-9-4-13(15)20-8-9)7-10-5-11(16)2-3-12(10)14(18)19/h2-5,8H,6-7H2,1H3,(H,18,19). The number of rotatable bonds is 5. The van der Waals surface area contributed by atoms with E-state index in [9.17, 15) is 9.18 Å². The fourth-order valence-electron chi connectivity index (χ4n) is 1.99. The minimum atomic E-state index is -1.04. The maximum Gasteiger partial charge on any atom is 0.336 e. The summed E-state index contributed by atoms with van der Waals surface area (Å²) < 4.78 is 14.3. The van der Waals surface area contributed by atoms with E-state index in [1.807, 2.05) is 23.4 Å². The highest BCUT2D eigenvalue weighted by atomic mass is 79.9. The van der Waals surface area contributed by atoms with Crippen LogP contribution in [0.3, 0.4) is 0 Å². The van der Waals surface area contributed by atoms with Gasteiger partial charge in [0.05, 0.1) is 9.35 Å². The predicted molar refractivity (Wildman–Crippen MR) is 80.5 cm³/mol. The van der Waals surface area contributed by atoms with E-state index >= 15 is 0 Å². The van der Waals surface area contributed by atoms with Crippen LogP contribution in [0.25, 0.3) is 0 Å². The van der Waals surface area contributed by atoms with Crippen LogP contribution in [0.1, 0.15) is 21.5 Å². The number of benzene rings is 1. The van der Waals surface area contributed by atoms with Gasteiger partial charge in [0.1, 0.15) is 5.82 Å². The predicted octanol–water partition coefficient (Wildman–Crippen LogP) is 3.98. The summed E-state index contributed by atoms with van der Waals surface area (Å²) >= 11 is 5.00. The molecule has 20 heavy (non-hydrogen) atoms. The van der Waals surface area contributed by atoms with Crippen molar-refractivity contribution < 1.29 is 14.3 Å². The minimum absolute atomic E-state index is 0.143. The molecule has 0 aliphatic heterocycles. The van der Waals surface area contributed by atoms with Crippen molar-refractivity contribution in [3.05, 3.63) is 55.9 Å². The zero-order valence-electron chi connectivity index (χ0n) is 10.8. The number of carbonyl (C=O) groups is 1. The summed E-state index contributed by atoms with van der Waals surface area (Å²) in [5, 5.41) is 11.1. The van der Waals surface area contributed by atoms with Crippen LogP contribution >= 0.6 is 27.3 Å². The lowest BCUT2D eigenvalue weighted by Gasteiger charge is -2.17. The van der Waals surface area contributed by atoms with Crippen LogP contribution in [0.2, 0.25) is 0 Å². The first-order valence-corrected chi connectivity index (χ1v) is 7.56. The van der Waals surface area contributed by atoms with E-state index in [2.05, 4.69) is 15.9 Å². The summed E-state index contributed by atoms with van der Waals surface area (Å²) in [4.78, 5) is 13.1. The van der Waals surface area contributed by atoms with E-state index < -0.39 is 11.8 Å². The fraction of sp³-hybridized carbons (Fsp3) is 0.214. The summed E-state index contributed by atoms with van der Waals surface area (Å²) in [6.07, 6.45) is 0. The molecular formula is C14H13BrFNO2S. The molecule has 1 aromatic carbocycles. The Labute approximate surface area is 128 Å². The molecule has 0 aliphatic carbocycles. The molecule has 0 radical (unpaired) electrons. The lowest BCUT2D eigenvalue weighted by molar-refractivity contribution is 0.0694. The van der Waals surface area contributed by atoms with Crippen molar-refractivity contribution in [3.8, 4) is 0 Å². The number of thiophene rings is 1. The third-order valence-corrected chi connectivity index (χ3v) is 4.37. The zero-order valence-corrected chi connectivity index (χ0v) is 13.2. The van der Waals surface area contributed by atoms with Gasteiger partial charge in [0.25, 0.3) is 0 Å². The van der Waals surface area contributed by atoms with Gasteiger partial charge in [-0.05, 0) is 63.8 Å². The van der Waals surface area contributed by atoms with Gasteiger partial charge in [0, 0.05) is 13.1 Å². The molecule has 0 fully saturated rings. The molecule has 0 saturated heterocycles. The quantitative estimate of drug-likeness (QED) is 0.879. The minimum Gasteiger partial charge on any atom is -0.478 e. The third kappa shape index (κ3) is 3.88. The molecule has 1 heterocycles. The number of carboxylic acid groups (broad SMARTS) is 1. The first-order valence-electron chi connectivity index (χ1n) is 5.89. The molecule has 0 amide bonds. The Morgan fingerprint density at radius 3 is 2.75 bits per heavy atom. The Kier molecular flexibility index (Phi) is 4.91. The van der Waals surface area contributed by atoms with E-state index in [4.69, 9.17) is 5.11 Å². The highest BCUT2D eigenvalue weighted by Gasteiger charge is 2.13. The summed E-state index contributed by atoms with van der Waals surface area (Å²) in [6, 6.07) is 5.78. The van der Waals surface area contributed by atoms with E-state index in [1.165, 1.54) is 18.2 Å². The Balaban J connectivity index is 2.12. The summed E-state index contributed by atoms with van der Waals surface area (Å²) in [6.45, 7) is 1.06. The molecule has 0 atom stereocenters. The van der Waals surface area contributed by atoms with Crippen LogP contribution in [0.5, 0.6) is 0 Å². The van der Waals surface area contributed by atoms with Crippen LogP contribution in [0.15, 0.2) is 33.4 Å². The Hall–Kier alpha value is -1.24. The van der Waals surface area contributed by atoms with Crippen molar-refractivity contribution in [2.75, 3.05) is 7.05 Å². The number of hydrogen-bond donors (Lipinski definition) is 1. The average Bonchev–Trinajstić information content (AvgIpc) is 2.74. The molecule has 3 nitrogen and oxygen atoms in total. The third-order valence-electron chi connectivity index (χ3n) is 2.81. The summed E-state index contributed by atoms with van der Waals surface area (Å²) in [5.74, 6) is -1.46. The Morgan fingerprint density at radius 2 is 2.15 bits per heavy atom. The van der Waals surface area contributed by atoms with Gasteiger partial charge in [-0.3, -0.25) is 4.90 Å². The summed E-state index contributed by atoms with van der Waals surface area (Å²) in [7, 11) is 1.88. The molecule has 1 N–H and O–H groups in total. The van der Waals surface area contributed by atoms with Crippen LogP contribution in [0, 0.1) is 5.82 Å². The highest BCUT2D eigenvalue weighted by Crippen LogP contribution is 2.22. The average molecular weight is 358 g/mol. The molecule has 6 heteroatoms. The first kappa shape index (κ1) is 15.2. The Bertz CT molecular complexity index is 629. The van der Waals surface area contributed by atoms with Crippen LogP contribution in [-0.4, -0.2) is 23.0 Å². The monoisotopic (exact) mass is 357 g/mol. The van der Waals surface area contributed by atoms with Crippen molar-refractivity contribution in [1.29, 1.82) is 0 Å². The smallest absolute Gasteiger partial charge is 0.336 e. The van der Waals surface area contributed by atoms with Gasteiger partial charge in [0.15, 0.2) is 0 Å². The van der Waals surface area contributed by atoms with Gasteiger partial charge in [-0.25, -0.2) is 9.18 Å². The molecule has 2 rings (SSSR count). The second-order valence-electron chi connectivity index (χ2n) is 4.54. The second-order valence-corrected chi connectivity index (χ2v) is 6.83. The summed E-state index contributed by atoms with van der Waals surface area (Å²) in [5.41, 5.74) is 1.76. The lowest BCUT2D eigenvalue weighted by atomic mass is 10.1. The maximum atomic E-state index is 13.3. The number of hydrogen-bond acceptors (Lipinski definition) is 3. The van der Waals surface area contributed by atoms with E-state index in [-0.39, 0.29) is 5.56 Å². The molecule has 106 valence electrons. The zero-order chi connectivity index (χ0) is 14.7. The second kappa shape index (κ2) is 6.47. The van der Waals surface area contributed by atoms with Crippen molar-refractivity contribution in [1.82, 2.24) is 4.90 Å². The number of aromatic carboxylic acids is 1. The number of carboxylic acids is 1. The van der Waals surface area contributed by atoms with E-state index in [0.717, 1.165) is 9.35 Å². The Morgan fingerprint density at radius 1 is 1.40 bits per heavy atom. The van der Waals surface area contributed by atoms with Gasteiger partial charge in [-0.1, -0.05) is 0 Å². The number of halogens is 2. The molecule has 0 aliphatic rings. The van der Waals surface area contributed by atoms with Gasteiger partial charge >= 0.3 is 5.97 Å². The first-order chi connectivity index (χ1) is 9.45. The molecule has 0 spiro atoms. The number of nitrogens with zero attached hydrogens (tertiary/aromatic N) is 1.